The van der Waals surface area contributed by atoms with Gasteiger partial charge in [0.15, 0.2) is 18.1 Å². The van der Waals surface area contributed by atoms with Crippen molar-refractivity contribution in [1.82, 2.24) is 4.98 Å². The minimum atomic E-state index is -0.197. The van der Waals surface area contributed by atoms with Crippen molar-refractivity contribution < 1.29 is 13.9 Å². The van der Waals surface area contributed by atoms with Crippen LogP contribution in [-0.2, 0) is 11.2 Å². The molecule has 164 valence electrons. The van der Waals surface area contributed by atoms with Crippen molar-refractivity contribution in [2.45, 2.75) is 40.0 Å². The molecule has 1 N–H and O–H groups in total. The zero-order valence-electron chi connectivity index (χ0n) is 18.9. The monoisotopic (exact) mass is 428 g/mol. The normalized spacial score (nSPS) is 11.2. The summed E-state index contributed by atoms with van der Waals surface area (Å²) in [6.45, 7) is 8.30. The summed E-state index contributed by atoms with van der Waals surface area (Å²) in [7, 11) is 0. The zero-order valence-corrected chi connectivity index (χ0v) is 18.9. The summed E-state index contributed by atoms with van der Waals surface area (Å²) in [5, 5.41) is 2.87. The Morgan fingerprint density at radius 2 is 1.72 bits per heavy atom. The molecule has 0 spiro atoms. The maximum absolute atomic E-state index is 12.2. The van der Waals surface area contributed by atoms with Crippen LogP contribution < -0.4 is 10.1 Å². The first-order valence-corrected chi connectivity index (χ1v) is 10.8. The molecule has 0 bridgehead atoms. The highest BCUT2D eigenvalue weighted by Gasteiger charge is 2.10. The fourth-order valence-corrected chi connectivity index (χ4v) is 3.67. The maximum Gasteiger partial charge on any atom is 0.262 e. The Hall–Kier alpha value is -3.60. The highest BCUT2D eigenvalue weighted by molar-refractivity contribution is 5.91. The third-order valence-electron chi connectivity index (χ3n) is 5.28. The van der Waals surface area contributed by atoms with Crippen LogP contribution in [0.1, 0.15) is 47.9 Å². The molecule has 3 aromatic carbocycles. The van der Waals surface area contributed by atoms with Crippen LogP contribution in [0.4, 0.5) is 5.69 Å². The second-order valence-electron chi connectivity index (χ2n) is 8.52. The zero-order chi connectivity index (χ0) is 22.7. The quantitative estimate of drug-likeness (QED) is 0.382. The first-order valence-electron chi connectivity index (χ1n) is 10.8. The molecule has 1 aromatic heterocycles. The number of nitrogens with one attached hydrogen (secondary N) is 1. The lowest BCUT2D eigenvalue weighted by Gasteiger charge is -2.09. The van der Waals surface area contributed by atoms with Crippen molar-refractivity contribution in [1.29, 1.82) is 0 Å². The molecule has 1 heterocycles. The van der Waals surface area contributed by atoms with Gasteiger partial charge >= 0.3 is 0 Å². The lowest BCUT2D eigenvalue weighted by Crippen LogP contribution is -2.20. The lowest BCUT2D eigenvalue weighted by atomic mass is 10.0. The van der Waals surface area contributed by atoms with Gasteiger partial charge in [-0.3, -0.25) is 4.79 Å². The van der Waals surface area contributed by atoms with Gasteiger partial charge in [-0.25, -0.2) is 4.98 Å². The van der Waals surface area contributed by atoms with Crippen LogP contribution in [0.15, 0.2) is 65.1 Å². The Bertz CT molecular complexity index is 1220. The van der Waals surface area contributed by atoms with Gasteiger partial charge in [-0.05, 0) is 78.4 Å². The largest absolute Gasteiger partial charge is 0.484 e. The third kappa shape index (κ3) is 5.35. The molecule has 0 fully saturated rings. The molecular weight excluding hydrogens is 400 g/mol. The van der Waals surface area contributed by atoms with Gasteiger partial charge in [0.25, 0.3) is 5.91 Å². The van der Waals surface area contributed by atoms with Crippen LogP contribution in [0.5, 0.6) is 5.75 Å². The lowest BCUT2D eigenvalue weighted by molar-refractivity contribution is -0.118. The summed E-state index contributed by atoms with van der Waals surface area (Å²) < 4.78 is 11.5. The highest BCUT2D eigenvalue weighted by Crippen LogP contribution is 2.23. The van der Waals surface area contributed by atoms with E-state index in [2.05, 4.69) is 42.3 Å². The van der Waals surface area contributed by atoms with Crippen LogP contribution in [0.2, 0.25) is 0 Å². The highest BCUT2D eigenvalue weighted by atomic mass is 16.5. The van der Waals surface area contributed by atoms with Crippen LogP contribution in [0.25, 0.3) is 11.1 Å². The first-order chi connectivity index (χ1) is 15.4. The number of rotatable bonds is 7. The van der Waals surface area contributed by atoms with Crippen LogP contribution in [0.3, 0.4) is 0 Å². The molecule has 4 aromatic rings. The molecule has 0 aliphatic carbocycles. The van der Waals surface area contributed by atoms with Gasteiger partial charge in [0, 0.05) is 12.1 Å². The van der Waals surface area contributed by atoms with E-state index in [-0.39, 0.29) is 12.5 Å². The Kier molecular flexibility index (Phi) is 6.26. The van der Waals surface area contributed by atoms with E-state index >= 15 is 0 Å². The number of carbonyl (C=O) groups is 1. The fraction of sp³-hybridized carbons (Fsp3) is 0.259. The van der Waals surface area contributed by atoms with Gasteiger partial charge in [-0.1, -0.05) is 38.1 Å². The number of fused-ring (bicyclic) bond motifs is 1. The maximum atomic E-state index is 12.2. The van der Waals surface area contributed by atoms with E-state index < -0.39 is 0 Å². The molecular formula is C27H28N2O3. The Morgan fingerprint density at radius 1 is 1.00 bits per heavy atom. The molecule has 5 heteroatoms. The molecule has 0 aliphatic heterocycles. The average Bonchev–Trinajstić information content (AvgIpc) is 3.14. The van der Waals surface area contributed by atoms with Crippen molar-refractivity contribution in [2.75, 3.05) is 11.9 Å². The molecule has 4 rings (SSSR count). The number of amides is 1. The van der Waals surface area contributed by atoms with Crippen molar-refractivity contribution in [3.05, 3.63) is 88.8 Å². The predicted octanol–water partition coefficient (Wildman–Crippen LogP) is 6.18. The molecule has 0 unspecified atom stereocenters. The molecule has 0 atom stereocenters. The van der Waals surface area contributed by atoms with E-state index in [1.165, 1.54) is 5.56 Å². The Balaban J connectivity index is 1.34. The smallest absolute Gasteiger partial charge is 0.262 e. The predicted molar refractivity (Wildman–Crippen MR) is 127 cm³/mol. The standard InChI is InChI=1S/C27H28N2O3/c1-17(2)21-7-10-25-24(15-21)29-27(32-25)14-20-5-8-22(9-6-20)28-26(30)16-31-23-12-18(3)11-19(4)13-23/h5-13,15,17H,14,16H2,1-4H3,(H,28,30). The Labute approximate surface area is 188 Å². The fourth-order valence-electron chi connectivity index (χ4n) is 3.67. The topological polar surface area (TPSA) is 64.4 Å². The van der Waals surface area contributed by atoms with Crippen molar-refractivity contribution in [3.8, 4) is 5.75 Å². The molecule has 32 heavy (non-hydrogen) atoms. The number of aryl methyl sites for hydroxylation is 2. The third-order valence-corrected chi connectivity index (χ3v) is 5.28. The summed E-state index contributed by atoms with van der Waals surface area (Å²) in [5.41, 5.74) is 6.94. The number of nitrogens with zero attached hydrogens (tertiary/aromatic N) is 1. The van der Waals surface area contributed by atoms with E-state index in [0.29, 0.717) is 24.0 Å². The number of aromatic nitrogens is 1. The first kappa shape index (κ1) is 21.6. The summed E-state index contributed by atoms with van der Waals surface area (Å²) >= 11 is 0. The van der Waals surface area contributed by atoms with Gasteiger partial charge in [0.05, 0.1) is 0 Å². The van der Waals surface area contributed by atoms with E-state index in [9.17, 15) is 4.79 Å². The molecule has 0 saturated heterocycles. The summed E-state index contributed by atoms with van der Waals surface area (Å²) in [6, 6.07) is 19.8. The minimum Gasteiger partial charge on any atom is -0.484 e. The number of hydrogen-bond acceptors (Lipinski definition) is 4. The number of anilines is 1. The number of benzene rings is 3. The number of ether oxygens (including phenoxy) is 1. The van der Waals surface area contributed by atoms with E-state index in [1.54, 1.807) is 0 Å². The number of carbonyl (C=O) groups excluding carboxylic acids is 1. The number of oxazole rings is 1. The van der Waals surface area contributed by atoms with Crippen molar-refractivity contribution in [2.24, 2.45) is 0 Å². The van der Waals surface area contributed by atoms with Crippen LogP contribution >= 0.6 is 0 Å². The molecule has 5 nitrogen and oxygen atoms in total. The van der Waals surface area contributed by atoms with Crippen molar-refractivity contribution in [3.63, 3.8) is 0 Å². The number of hydrogen-bond donors (Lipinski definition) is 1. The van der Waals surface area contributed by atoms with Gasteiger partial charge in [0.1, 0.15) is 11.3 Å². The van der Waals surface area contributed by atoms with Gasteiger partial charge < -0.3 is 14.5 Å². The van der Waals surface area contributed by atoms with Crippen LogP contribution in [0, 0.1) is 13.8 Å². The SMILES string of the molecule is Cc1cc(C)cc(OCC(=O)Nc2ccc(Cc3nc4cc(C(C)C)ccc4o3)cc2)c1. The van der Waals surface area contributed by atoms with Gasteiger partial charge in [-0.2, -0.15) is 0 Å². The second kappa shape index (κ2) is 9.27. The minimum absolute atomic E-state index is 0.0358. The average molecular weight is 429 g/mol. The van der Waals surface area contributed by atoms with E-state index in [4.69, 9.17) is 9.15 Å². The second-order valence-corrected chi connectivity index (χ2v) is 8.52. The van der Waals surface area contributed by atoms with Gasteiger partial charge in [-0.15, -0.1) is 0 Å². The molecule has 0 radical (unpaired) electrons. The van der Waals surface area contributed by atoms with Crippen LogP contribution in [-0.4, -0.2) is 17.5 Å². The Morgan fingerprint density at radius 3 is 2.41 bits per heavy atom. The van der Waals surface area contributed by atoms with Crippen molar-refractivity contribution >= 4 is 22.7 Å². The summed E-state index contributed by atoms with van der Waals surface area (Å²) in [6.07, 6.45) is 0.593. The molecule has 0 aliphatic rings. The molecule has 1 amide bonds. The summed E-state index contributed by atoms with van der Waals surface area (Å²) in [4.78, 5) is 16.9. The van der Waals surface area contributed by atoms with E-state index in [1.807, 2.05) is 56.3 Å². The molecule has 0 saturated carbocycles. The summed E-state index contributed by atoms with van der Waals surface area (Å²) in [5.74, 6) is 1.64. The van der Waals surface area contributed by atoms with E-state index in [0.717, 1.165) is 33.5 Å². The van der Waals surface area contributed by atoms with Gasteiger partial charge in [0.2, 0.25) is 0 Å².